The Morgan fingerprint density at radius 1 is 1.14 bits per heavy atom. The Labute approximate surface area is 127 Å². The molecule has 0 radical (unpaired) electrons. The first kappa shape index (κ1) is 15.7. The first-order valence-corrected chi connectivity index (χ1v) is 7.04. The Bertz CT molecular complexity index is 634. The molecule has 21 heavy (non-hydrogen) atoms. The smallest absolute Gasteiger partial charge is 0.162 e. The minimum absolute atomic E-state index is 0.00141. The van der Waals surface area contributed by atoms with E-state index in [-0.39, 0.29) is 11.8 Å². The number of halogens is 3. The zero-order valence-corrected chi connectivity index (χ0v) is 12.3. The average molecular weight is 312 g/mol. The molecule has 112 valence electrons. The van der Waals surface area contributed by atoms with Gasteiger partial charge in [-0.15, -0.1) is 0 Å². The van der Waals surface area contributed by atoms with Gasteiger partial charge in [0.2, 0.25) is 0 Å². The summed E-state index contributed by atoms with van der Waals surface area (Å²) in [6.45, 7) is 2.00. The summed E-state index contributed by atoms with van der Waals surface area (Å²) >= 11 is 5.96. The molecule has 2 nitrogen and oxygen atoms in total. The van der Waals surface area contributed by atoms with Gasteiger partial charge in [-0.3, -0.25) is 0 Å². The van der Waals surface area contributed by atoms with Gasteiger partial charge in [0, 0.05) is 17.1 Å². The largest absolute Gasteiger partial charge is 0.457 e. The van der Waals surface area contributed by atoms with Crippen LogP contribution in [0, 0.1) is 11.6 Å². The maximum Gasteiger partial charge on any atom is 0.162 e. The summed E-state index contributed by atoms with van der Waals surface area (Å²) in [6.07, 6.45) is 1.44. The third-order valence-electron chi connectivity index (χ3n) is 3.15. The second-order valence-electron chi connectivity index (χ2n) is 4.80. The molecule has 2 rings (SSSR count). The molecule has 5 heteroatoms. The van der Waals surface area contributed by atoms with Gasteiger partial charge in [0.15, 0.2) is 11.6 Å². The lowest BCUT2D eigenvalue weighted by Crippen LogP contribution is -2.21. The summed E-state index contributed by atoms with van der Waals surface area (Å²) in [5.74, 6) is -1.16. The van der Waals surface area contributed by atoms with Crippen molar-refractivity contribution in [2.75, 3.05) is 0 Å². The fourth-order valence-electron chi connectivity index (χ4n) is 1.89. The van der Waals surface area contributed by atoms with Crippen molar-refractivity contribution in [2.24, 2.45) is 5.73 Å². The maximum absolute atomic E-state index is 13.2. The summed E-state index contributed by atoms with van der Waals surface area (Å²) in [5, 5.41) is 0.501. The number of nitrogens with two attached hydrogens (primary N) is 1. The van der Waals surface area contributed by atoms with Crippen LogP contribution in [0.5, 0.6) is 11.5 Å². The van der Waals surface area contributed by atoms with Crippen molar-refractivity contribution in [3.63, 3.8) is 0 Å². The van der Waals surface area contributed by atoms with Crippen molar-refractivity contribution in [1.29, 1.82) is 0 Å². The average Bonchev–Trinajstić information content (AvgIpc) is 2.45. The van der Waals surface area contributed by atoms with Crippen LogP contribution in [0.1, 0.15) is 18.9 Å². The van der Waals surface area contributed by atoms with Gasteiger partial charge >= 0.3 is 0 Å². The quantitative estimate of drug-likeness (QED) is 0.869. The van der Waals surface area contributed by atoms with E-state index in [1.807, 2.05) is 13.0 Å². The van der Waals surface area contributed by atoms with E-state index in [9.17, 15) is 8.78 Å². The van der Waals surface area contributed by atoms with Crippen molar-refractivity contribution >= 4 is 11.6 Å². The fourth-order valence-corrected chi connectivity index (χ4v) is 2.05. The number of ether oxygens (including phenoxy) is 1. The second kappa shape index (κ2) is 6.87. The molecule has 0 aromatic heterocycles. The van der Waals surface area contributed by atoms with Gasteiger partial charge in [-0.1, -0.05) is 24.6 Å². The van der Waals surface area contributed by atoms with Crippen LogP contribution in [0.3, 0.4) is 0 Å². The van der Waals surface area contributed by atoms with Crippen LogP contribution < -0.4 is 10.5 Å². The summed E-state index contributed by atoms with van der Waals surface area (Å²) in [5.41, 5.74) is 6.82. The Balaban J connectivity index is 2.28. The molecular formula is C16H16ClF2NO. The molecule has 2 aromatic carbocycles. The molecule has 2 N–H and O–H groups in total. The molecule has 0 bridgehead atoms. The molecule has 0 aliphatic rings. The van der Waals surface area contributed by atoms with Crippen molar-refractivity contribution in [2.45, 2.75) is 25.8 Å². The van der Waals surface area contributed by atoms with E-state index in [4.69, 9.17) is 22.1 Å². The molecule has 0 saturated heterocycles. The molecule has 2 aromatic rings. The van der Waals surface area contributed by atoms with E-state index < -0.39 is 11.6 Å². The van der Waals surface area contributed by atoms with Gasteiger partial charge in [-0.2, -0.15) is 0 Å². The molecule has 0 aliphatic heterocycles. The Morgan fingerprint density at radius 2 is 1.90 bits per heavy atom. The highest BCUT2D eigenvalue weighted by Gasteiger charge is 2.11. The molecule has 0 fully saturated rings. The second-order valence-corrected chi connectivity index (χ2v) is 5.24. The zero-order chi connectivity index (χ0) is 15.4. The van der Waals surface area contributed by atoms with Crippen LogP contribution >= 0.6 is 11.6 Å². The van der Waals surface area contributed by atoms with E-state index in [1.54, 1.807) is 12.1 Å². The van der Waals surface area contributed by atoms with Crippen LogP contribution in [0.2, 0.25) is 5.02 Å². The Morgan fingerprint density at radius 3 is 2.57 bits per heavy atom. The highest BCUT2D eigenvalue weighted by atomic mass is 35.5. The summed E-state index contributed by atoms with van der Waals surface area (Å²) in [7, 11) is 0. The molecule has 0 heterocycles. The SMILES string of the molecule is CCC(N)Cc1ccc(Cl)cc1Oc1ccc(F)c(F)c1. The minimum atomic E-state index is -0.957. The lowest BCUT2D eigenvalue weighted by Gasteiger charge is -2.14. The Kier molecular flexibility index (Phi) is 5.15. The van der Waals surface area contributed by atoms with Gasteiger partial charge in [0.1, 0.15) is 11.5 Å². The lowest BCUT2D eigenvalue weighted by molar-refractivity contribution is 0.455. The minimum Gasteiger partial charge on any atom is -0.457 e. The summed E-state index contributed by atoms with van der Waals surface area (Å²) in [4.78, 5) is 0. The van der Waals surface area contributed by atoms with E-state index >= 15 is 0 Å². The first-order valence-electron chi connectivity index (χ1n) is 6.66. The van der Waals surface area contributed by atoms with Crippen molar-refractivity contribution in [3.05, 3.63) is 58.6 Å². The molecule has 1 atom stereocenters. The molecule has 1 unspecified atom stereocenters. The van der Waals surface area contributed by atoms with Gasteiger partial charge in [0.05, 0.1) is 0 Å². The molecular weight excluding hydrogens is 296 g/mol. The molecule has 0 spiro atoms. The zero-order valence-electron chi connectivity index (χ0n) is 11.6. The molecule has 0 amide bonds. The third-order valence-corrected chi connectivity index (χ3v) is 3.39. The predicted molar refractivity (Wildman–Crippen MR) is 79.9 cm³/mol. The van der Waals surface area contributed by atoms with Crippen molar-refractivity contribution in [1.82, 2.24) is 0 Å². The normalized spacial score (nSPS) is 12.2. The van der Waals surface area contributed by atoms with Gasteiger partial charge in [-0.25, -0.2) is 8.78 Å². The van der Waals surface area contributed by atoms with Gasteiger partial charge in [0.25, 0.3) is 0 Å². The van der Waals surface area contributed by atoms with Crippen LogP contribution in [0.15, 0.2) is 36.4 Å². The first-order chi connectivity index (χ1) is 9.99. The lowest BCUT2D eigenvalue weighted by atomic mass is 10.0. The molecule has 0 aliphatic carbocycles. The summed E-state index contributed by atoms with van der Waals surface area (Å²) < 4.78 is 31.8. The summed E-state index contributed by atoms with van der Waals surface area (Å²) in [6, 6.07) is 8.60. The number of hydrogen-bond acceptors (Lipinski definition) is 2. The van der Waals surface area contributed by atoms with Crippen LogP contribution in [-0.4, -0.2) is 6.04 Å². The standard InChI is InChI=1S/C16H16ClF2NO/c1-2-12(20)7-10-3-4-11(17)8-16(10)21-13-5-6-14(18)15(19)9-13/h3-6,8-9,12H,2,7,20H2,1H3. The Hall–Kier alpha value is -1.65. The van der Waals surface area contributed by atoms with Crippen molar-refractivity contribution in [3.8, 4) is 11.5 Å². The van der Waals surface area contributed by atoms with E-state index in [0.717, 1.165) is 24.1 Å². The maximum atomic E-state index is 13.2. The highest BCUT2D eigenvalue weighted by molar-refractivity contribution is 6.30. The van der Waals surface area contributed by atoms with E-state index in [0.29, 0.717) is 17.2 Å². The fraction of sp³-hybridized carbons (Fsp3) is 0.250. The third kappa shape index (κ3) is 4.16. The van der Waals surface area contributed by atoms with Crippen LogP contribution in [0.4, 0.5) is 8.78 Å². The van der Waals surface area contributed by atoms with Crippen LogP contribution in [0.25, 0.3) is 0 Å². The highest BCUT2D eigenvalue weighted by Crippen LogP contribution is 2.30. The number of benzene rings is 2. The number of hydrogen-bond donors (Lipinski definition) is 1. The van der Waals surface area contributed by atoms with E-state index in [1.165, 1.54) is 6.07 Å². The number of rotatable bonds is 5. The van der Waals surface area contributed by atoms with Gasteiger partial charge in [-0.05, 0) is 42.7 Å². The monoisotopic (exact) mass is 311 g/mol. The topological polar surface area (TPSA) is 35.2 Å². The van der Waals surface area contributed by atoms with Crippen LogP contribution in [-0.2, 0) is 6.42 Å². The predicted octanol–water partition coefficient (Wildman–Crippen LogP) is 4.69. The van der Waals surface area contributed by atoms with E-state index in [2.05, 4.69) is 0 Å². The van der Waals surface area contributed by atoms with Crippen molar-refractivity contribution < 1.29 is 13.5 Å². The van der Waals surface area contributed by atoms with Gasteiger partial charge < -0.3 is 10.5 Å². The molecule has 0 saturated carbocycles.